The molecule has 4 nitrogen and oxygen atoms in total. The summed E-state index contributed by atoms with van der Waals surface area (Å²) in [6.45, 7) is 9.46. The molecule has 0 saturated carbocycles. The van der Waals surface area contributed by atoms with E-state index >= 15 is 0 Å². The van der Waals surface area contributed by atoms with Crippen molar-refractivity contribution in [2.45, 2.75) is 50.3 Å². The number of hydrogen-bond acceptors (Lipinski definition) is 5. The SMILES string of the molecule is Cc1cc(C)nc(Sc2ccc(C(=O)OC(C)(C)C)cc2)n1. The Hall–Kier alpha value is -1.88. The Bertz CT molecular complexity index is 656. The molecule has 22 heavy (non-hydrogen) atoms. The fourth-order valence-electron chi connectivity index (χ4n) is 1.84. The van der Waals surface area contributed by atoms with Crippen molar-refractivity contribution < 1.29 is 9.53 Å². The molecule has 0 spiro atoms. The maximum absolute atomic E-state index is 12.0. The highest BCUT2D eigenvalue weighted by molar-refractivity contribution is 7.99. The lowest BCUT2D eigenvalue weighted by Gasteiger charge is -2.19. The Morgan fingerprint density at radius 3 is 2.09 bits per heavy atom. The molecule has 0 radical (unpaired) electrons. The molecule has 0 aliphatic heterocycles. The van der Waals surface area contributed by atoms with Crippen LogP contribution in [0.25, 0.3) is 0 Å². The first-order valence-corrected chi connectivity index (χ1v) is 7.88. The van der Waals surface area contributed by atoms with Gasteiger partial charge in [-0.1, -0.05) is 0 Å². The molecule has 0 fully saturated rings. The molecule has 0 N–H and O–H groups in total. The Morgan fingerprint density at radius 1 is 1.05 bits per heavy atom. The zero-order valence-corrected chi connectivity index (χ0v) is 14.3. The number of aromatic nitrogens is 2. The molecule has 0 aliphatic rings. The fraction of sp³-hybridized carbons (Fsp3) is 0.353. The normalized spacial score (nSPS) is 11.3. The van der Waals surface area contributed by atoms with Crippen LogP contribution < -0.4 is 0 Å². The summed E-state index contributed by atoms with van der Waals surface area (Å²) in [6, 6.07) is 9.23. The lowest BCUT2D eigenvalue weighted by atomic mass is 10.2. The second-order valence-corrected chi connectivity index (χ2v) is 7.10. The van der Waals surface area contributed by atoms with E-state index in [0.29, 0.717) is 10.7 Å². The second kappa shape index (κ2) is 6.48. The van der Waals surface area contributed by atoms with Gasteiger partial charge in [0, 0.05) is 16.3 Å². The van der Waals surface area contributed by atoms with Gasteiger partial charge in [-0.3, -0.25) is 0 Å². The first-order chi connectivity index (χ1) is 10.2. The van der Waals surface area contributed by atoms with E-state index in [4.69, 9.17) is 4.74 Å². The van der Waals surface area contributed by atoms with Gasteiger partial charge >= 0.3 is 5.97 Å². The van der Waals surface area contributed by atoms with Gasteiger partial charge in [0.1, 0.15) is 5.60 Å². The van der Waals surface area contributed by atoms with Crippen LogP contribution in [0.2, 0.25) is 0 Å². The van der Waals surface area contributed by atoms with Crippen LogP contribution in [0.15, 0.2) is 40.4 Å². The third kappa shape index (κ3) is 4.84. The number of rotatable bonds is 3. The number of benzene rings is 1. The minimum absolute atomic E-state index is 0.313. The summed E-state index contributed by atoms with van der Waals surface area (Å²) in [5, 5.41) is 0.711. The summed E-state index contributed by atoms with van der Waals surface area (Å²) in [7, 11) is 0. The van der Waals surface area contributed by atoms with Crippen molar-refractivity contribution >= 4 is 17.7 Å². The highest BCUT2D eigenvalue weighted by Crippen LogP contribution is 2.25. The number of carbonyl (C=O) groups is 1. The Kier molecular flexibility index (Phi) is 4.86. The van der Waals surface area contributed by atoms with Crippen LogP contribution in [0.1, 0.15) is 42.5 Å². The lowest BCUT2D eigenvalue weighted by molar-refractivity contribution is 0.00695. The second-order valence-electron chi connectivity index (χ2n) is 6.06. The Morgan fingerprint density at radius 2 is 1.59 bits per heavy atom. The standard InChI is InChI=1S/C17H20N2O2S/c1-11-10-12(2)19-16(18-11)22-14-8-6-13(7-9-14)15(20)21-17(3,4)5/h6-10H,1-5H3. The van der Waals surface area contributed by atoms with Gasteiger partial charge in [0.05, 0.1) is 5.56 Å². The maximum atomic E-state index is 12.0. The predicted octanol–water partition coefficient (Wildman–Crippen LogP) is 4.20. The van der Waals surface area contributed by atoms with Crippen LogP contribution in [0.3, 0.4) is 0 Å². The molecule has 2 aromatic rings. The zero-order valence-electron chi connectivity index (χ0n) is 13.5. The molecule has 5 heteroatoms. The lowest BCUT2D eigenvalue weighted by Crippen LogP contribution is -2.23. The van der Waals surface area contributed by atoms with Crippen LogP contribution in [0.5, 0.6) is 0 Å². The molecule has 1 heterocycles. The number of aryl methyl sites for hydroxylation is 2. The highest BCUT2D eigenvalue weighted by atomic mass is 32.2. The van der Waals surface area contributed by atoms with Crippen LogP contribution in [0.4, 0.5) is 0 Å². The van der Waals surface area contributed by atoms with Crippen molar-refractivity contribution in [3.05, 3.63) is 47.3 Å². The Labute approximate surface area is 135 Å². The minimum Gasteiger partial charge on any atom is -0.456 e. The molecule has 0 atom stereocenters. The van der Waals surface area contributed by atoms with Gasteiger partial charge in [-0.05, 0) is 76.7 Å². The van der Waals surface area contributed by atoms with Crippen LogP contribution >= 0.6 is 11.8 Å². The van der Waals surface area contributed by atoms with E-state index in [2.05, 4.69) is 9.97 Å². The van der Waals surface area contributed by atoms with E-state index in [1.54, 1.807) is 12.1 Å². The molecule has 0 aliphatic carbocycles. The van der Waals surface area contributed by atoms with Gasteiger partial charge < -0.3 is 4.74 Å². The van der Waals surface area contributed by atoms with E-state index in [0.717, 1.165) is 16.3 Å². The third-order valence-corrected chi connectivity index (χ3v) is 3.53. The molecule has 2 rings (SSSR count). The summed E-state index contributed by atoms with van der Waals surface area (Å²) in [4.78, 5) is 21.7. The van der Waals surface area contributed by atoms with E-state index in [9.17, 15) is 4.79 Å². The number of esters is 1. The molecule has 1 aromatic carbocycles. The summed E-state index contributed by atoms with van der Waals surface area (Å²) >= 11 is 1.48. The first kappa shape index (κ1) is 16.5. The molecular formula is C17H20N2O2S. The number of ether oxygens (including phenoxy) is 1. The predicted molar refractivity (Wildman–Crippen MR) is 87.2 cm³/mol. The van der Waals surface area contributed by atoms with Crippen molar-refractivity contribution in [2.75, 3.05) is 0 Å². The smallest absolute Gasteiger partial charge is 0.338 e. The van der Waals surface area contributed by atoms with Crippen molar-refractivity contribution in [3.63, 3.8) is 0 Å². The van der Waals surface area contributed by atoms with Crippen molar-refractivity contribution in [2.24, 2.45) is 0 Å². The number of carbonyl (C=O) groups excluding carboxylic acids is 1. The van der Waals surface area contributed by atoms with Crippen molar-refractivity contribution in [1.82, 2.24) is 9.97 Å². The van der Waals surface area contributed by atoms with Gasteiger partial charge in [-0.25, -0.2) is 14.8 Å². The average molecular weight is 316 g/mol. The number of hydrogen-bond donors (Lipinski definition) is 0. The van der Waals surface area contributed by atoms with E-state index in [1.807, 2.05) is 52.8 Å². The topological polar surface area (TPSA) is 52.1 Å². The van der Waals surface area contributed by atoms with Gasteiger partial charge in [0.15, 0.2) is 5.16 Å². The van der Waals surface area contributed by atoms with Gasteiger partial charge in [0.25, 0.3) is 0 Å². The maximum Gasteiger partial charge on any atom is 0.338 e. The average Bonchev–Trinajstić information content (AvgIpc) is 2.36. The minimum atomic E-state index is -0.489. The number of nitrogens with zero attached hydrogens (tertiary/aromatic N) is 2. The molecule has 0 saturated heterocycles. The first-order valence-electron chi connectivity index (χ1n) is 7.06. The van der Waals surface area contributed by atoms with Crippen molar-refractivity contribution in [3.8, 4) is 0 Å². The third-order valence-electron chi connectivity index (χ3n) is 2.66. The monoisotopic (exact) mass is 316 g/mol. The van der Waals surface area contributed by atoms with Gasteiger partial charge in [0.2, 0.25) is 0 Å². The van der Waals surface area contributed by atoms with Crippen LogP contribution in [-0.2, 0) is 4.74 Å². The van der Waals surface area contributed by atoms with Crippen LogP contribution in [-0.4, -0.2) is 21.5 Å². The summed E-state index contributed by atoms with van der Waals surface area (Å²) in [5.41, 5.74) is 1.94. The summed E-state index contributed by atoms with van der Waals surface area (Å²) < 4.78 is 5.34. The van der Waals surface area contributed by atoms with Gasteiger partial charge in [-0.15, -0.1) is 0 Å². The highest BCUT2D eigenvalue weighted by Gasteiger charge is 2.17. The van der Waals surface area contributed by atoms with E-state index in [-0.39, 0.29) is 5.97 Å². The van der Waals surface area contributed by atoms with E-state index in [1.165, 1.54) is 11.8 Å². The van der Waals surface area contributed by atoms with Crippen LogP contribution in [0, 0.1) is 13.8 Å². The molecule has 1 aromatic heterocycles. The quantitative estimate of drug-likeness (QED) is 0.627. The molecule has 0 bridgehead atoms. The van der Waals surface area contributed by atoms with Gasteiger partial charge in [-0.2, -0.15) is 0 Å². The van der Waals surface area contributed by atoms with Crippen molar-refractivity contribution in [1.29, 1.82) is 0 Å². The molecule has 0 amide bonds. The zero-order chi connectivity index (χ0) is 16.3. The summed E-state index contributed by atoms with van der Waals surface area (Å²) in [6.07, 6.45) is 0. The fourth-order valence-corrected chi connectivity index (χ4v) is 2.70. The molecular weight excluding hydrogens is 296 g/mol. The largest absolute Gasteiger partial charge is 0.456 e. The van der Waals surface area contributed by atoms with E-state index < -0.39 is 5.60 Å². The Balaban J connectivity index is 2.10. The summed E-state index contributed by atoms with van der Waals surface area (Å²) in [5.74, 6) is -0.313. The molecule has 116 valence electrons. The molecule has 0 unspecified atom stereocenters.